The SMILES string of the molecule is CC1CCCC(N2C(=O)c3ccccc3C2=O)C1. The average molecular weight is 243 g/mol. The molecule has 3 rings (SSSR count). The summed E-state index contributed by atoms with van der Waals surface area (Å²) in [5, 5.41) is 0. The molecular weight excluding hydrogens is 226 g/mol. The first kappa shape index (κ1) is 11.5. The first-order chi connectivity index (χ1) is 8.68. The highest BCUT2D eigenvalue weighted by atomic mass is 16.2. The van der Waals surface area contributed by atoms with Crippen molar-refractivity contribution in [3.63, 3.8) is 0 Å². The van der Waals surface area contributed by atoms with Gasteiger partial charge in [-0.2, -0.15) is 0 Å². The molecule has 1 fully saturated rings. The molecule has 0 spiro atoms. The fourth-order valence-corrected chi connectivity index (χ4v) is 3.18. The van der Waals surface area contributed by atoms with Crippen LogP contribution in [0, 0.1) is 5.92 Å². The van der Waals surface area contributed by atoms with E-state index in [1.165, 1.54) is 11.3 Å². The van der Waals surface area contributed by atoms with Gasteiger partial charge in [-0.1, -0.05) is 31.9 Å². The summed E-state index contributed by atoms with van der Waals surface area (Å²) in [6, 6.07) is 7.23. The van der Waals surface area contributed by atoms with Crippen molar-refractivity contribution in [2.45, 2.75) is 38.6 Å². The van der Waals surface area contributed by atoms with Gasteiger partial charge in [-0.05, 0) is 30.9 Å². The average Bonchev–Trinajstić information content (AvgIpc) is 2.63. The van der Waals surface area contributed by atoms with Crippen molar-refractivity contribution in [1.82, 2.24) is 4.90 Å². The molecule has 1 aliphatic carbocycles. The highest BCUT2D eigenvalue weighted by Crippen LogP contribution is 2.32. The molecule has 2 amide bonds. The molecule has 0 radical (unpaired) electrons. The number of carbonyl (C=O) groups excluding carboxylic acids is 2. The van der Waals surface area contributed by atoms with Crippen molar-refractivity contribution in [2.24, 2.45) is 5.92 Å². The molecule has 1 aliphatic heterocycles. The van der Waals surface area contributed by atoms with E-state index in [-0.39, 0.29) is 17.9 Å². The number of amides is 2. The second kappa shape index (κ2) is 4.23. The smallest absolute Gasteiger partial charge is 0.261 e. The summed E-state index contributed by atoms with van der Waals surface area (Å²) in [6.07, 6.45) is 4.22. The highest BCUT2D eigenvalue weighted by molar-refractivity contribution is 6.21. The number of nitrogens with zero attached hydrogens (tertiary/aromatic N) is 1. The Hall–Kier alpha value is -1.64. The van der Waals surface area contributed by atoms with Gasteiger partial charge in [0.05, 0.1) is 11.1 Å². The summed E-state index contributed by atoms with van der Waals surface area (Å²) in [7, 11) is 0. The zero-order chi connectivity index (χ0) is 12.7. The Morgan fingerprint density at radius 3 is 2.22 bits per heavy atom. The van der Waals surface area contributed by atoms with Gasteiger partial charge in [0.15, 0.2) is 0 Å². The molecule has 2 atom stereocenters. The van der Waals surface area contributed by atoms with E-state index >= 15 is 0 Å². The van der Waals surface area contributed by atoms with Crippen LogP contribution >= 0.6 is 0 Å². The maximum atomic E-state index is 12.3. The van der Waals surface area contributed by atoms with E-state index in [4.69, 9.17) is 0 Å². The lowest BCUT2D eigenvalue weighted by atomic mass is 9.86. The third kappa shape index (κ3) is 1.65. The molecule has 2 aliphatic rings. The molecule has 0 N–H and O–H groups in total. The molecule has 18 heavy (non-hydrogen) atoms. The van der Waals surface area contributed by atoms with Crippen LogP contribution in [0.3, 0.4) is 0 Å². The van der Waals surface area contributed by atoms with Crippen molar-refractivity contribution in [1.29, 1.82) is 0 Å². The van der Waals surface area contributed by atoms with Crippen LogP contribution in [0.15, 0.2) is 24.3 Å². The van der Waals surface area contributed by atoms with Crippen LogP contribution in [0.2, 0.25) is 0 Å². The number of carbonyl (C=O) groups is 2. The highest BCUT2D eigenvalue weighted by Gasteiger charge is 2.40. The van der Waals surface area contributed by atoms with Crippen molar-refractivity contribution in [3.8, 4) is 0 Å². The van der Waals surface area contributed by atoms with Gasteiger partial charge in [0.2, 0.25) is 0 Å². The minimum Gasteiger partial charge on any atom is -0.271 e. The van der Waals surface area contributed by atoms with Crippen LogP contribution in [-0.2, 0) is 0 Å². The number of benzene rings is 1. The van der Waals surface area contributed by atoms with Gasteiger partial charge in [0, 0.05) is 6.04 Å². The number of hydrogen-bond donors (Lipinski definition) is 0. The van der Waals surface area contributed by atoms with Crippen LogP contribution in [0.1, 0.15) is 53.3 Å². The standard InChI is InChI=1S/C15H17NO2/c1-10-5-4-6-11(9-10)16-14(17)12-7-2-3-8-13(12)15(16)18/h2-3,7-8,10-11H,4-6,9H2,1H3. The predicted octanol–water partition coefficient (Wildman–Crippen LogP) is 2.86. The van der Waals surface area contributed by atoms with Gasteiger partial charge < -0.3 is 0 Å². The Morgan fingerprint density at radius 1 is 1.06 bits per heavy atom. The monoisotopic (exact) mass is 243 g/mol. The normalized spacial score (nSPS) is 27.5. The van der Waals surface area contributed by atoms with Crippen LogP contribution in [-0.4, -0.2) is 22.8 Å². The minimum atomic E-state index is -0.102. The molecule has 2 unspecified atom stereocenters. The van der Waals surface area contributed by atoms with Crippen molar-refractivity contribution in [3.05, 3.63) is 35.4 Å². The van der Waals surface area contributed by atoms with Gasteiger partial charge in [-0.15, -0.1) is 0 Å². The van der Waals surface area contributed by atoms with Crippen LogP contribution in [0.4, 0.5) is 0 Å². The molecule has 1 aromatic rings. The van der Waals surface area contributed by atoms with Gasteiger partial charge in [-0.25, -0.2) is 0 Å². The summed E-state index contributed by atoms with van der Waals surface area (Å²) < 4.78 is 0. The van der Waals surface area contributed by atoms with Gasteiger partial charge in [0.1, 0.15) is 0 Å². The quantitative estimate of drug-likeness (QED) is 0.711. The van der Waals surface area contributed by atoms with E-state index in [0.717, 1.165) is 19.3 Å². The van der Waals surface area contributed by atoms with Crippen LogP contribution in [0.5, 0.6) is 0 Å². The first-order valence-corrected chi connectivity index (χ1v) is 6.65. The summed E-state index contributed by atoms with van der Waals surface area (Å²) in [5.74, 6) is 0.400. The summed E-state index contributed by atoms with van der Waals surface area (Å²) in [5.41, 5.74) is 1.14. The Labute approximate surface area is 107 Å². The lowest BCUT2D eigenvalue weighted by molar-refractivity contribution is 0.0527. The Balaban J connectivity index is 1.92. The van der Waals surface area contributed by atoms with Crippen molar-refractivity contribution in [2.75, 3.05) is 0 Å². The Morgan fingerprint density at radius 2 is 1.67 bits per heavy atom. The maximum Gasteiger partial charge on any atom is 0.261 e. The maximum absolute atomic E-state index is 12.3. The first-order valence-electron chi connectivity index (χ1n) is 6.65. The van der Waals surface area contributed by atoms with Crippen LogP contribution < -0.4 is 0 Å². The van der Waals surface area contributed by atoms with E-state index in [1.54, 1.807) is 12.1 Å². The zero-order valence-corrected chi connectivity index (χ0v) is 10.6. The molecule has 0 aromatic heterocycles. The number of imide groups is 1. The molecule has 94 valence electrons. The summed E-state index contributed by atoms with van der Waals surface area (Å²) >= 11 is 0. The molecule has 3 nitrogen and oxygen atoms in total. The lowest BCUT2D eigenvalue weighted by Gasteiger charge is -2.32. The molecule has 1 aromatic carbocycles. The van der Waals surface area contributed by atoms with E-state index in [0.29, 0.717) is 17.0 Å². The van der Waals surface area contributed by atoms with E-state index in [2.05, 4.69) is 6.92 Å². The predicted molar refractivity (Wildman–Crippen MR) is 68.4 cm³/mol. The van der Waals surface area contributed by atoms with Gasteiger partial charge in [0.25, 0.3) is 11.8 Å². The summed E-state index contributed by atoms with van der Waals surface area (Å²) in [6.45, 7) is 2.20. The van der Waals surface area contributed by atoms with E-state index in [9.17, 15) is 9.59 Å². The zero-order valence-electron chi connectivity index (χ0n) is 10.6. The molecule has 3 heteroatoms. The van der Waals surface area contributed by atoms with Crippen LogP contribution in [0.25, 0.3) is 0 Å². The van der Waals surface area contributed by atoms with E-state index < -0.39 is 0 Å². The van der Waals surface area contributed by atoms with Crippen molar-refractivity contribution < 1.29 is 9.59 Å². The second-order valence-corrected chi connectivity index (χ2v) is 5.45. The summed E-state index contributed by atoms with van der Waals surface area (Å²) in [4.78, 5) is 26.1. The topological polar surface area (TPSA) is 37.4 Å². The third-order valence-corrected chi connectivity index (χ3v) is 4.10. The molecule has 1 heterocycles. The second-order valence-electron chi connectivity index (χ2n) is 5.45. The third-order valence-electron chi connectivity index (χ3n) is 4.10. The molecule has 1 saturated carbocycles. The van der Waals surface area contributed by atoms with Gasteiger partial charge in [-0.3, -0.25) is 14.5 Å². The van der Waals surface area contributed by atoms with E-state index in [1.807, 2.05) is 12.1 Å². The fourth-order valence-electron chi connectivity index (χ4n) is 3.18. The molecule has 0 bridgehead atoms. The van der Waals surface area contributed by atoms with Gasteiger partial charge >= 0.3 is 0 Å². The molecular formula is C15H17NO2. The Kier molecular flexibility index (Phi) is 2.69. The minimum absolute atomic E-state index is 0.0983. The number of fused-ring (bicyclic) bond motifs is 1. The Bertz CT molecular complexity index is 474. The number of hydrogen-bond acceptors (Lipinski definition) is 2. The largest absolute Gasteiger partial charge is 0.271 e. The lowest BCUT2D eigenvalue weighted by Crippen LogP contribution is -2.42. The fraction of sp³-hybridized carbons (Fsp3) is 0.467. The molecule has 0 saturated heterocycles. The van der Waals surface area contributed by atoms with Crippen molar-refractivity contribution >= 4 is 11.8 Å². The number of rotatable bonds is 1.